The molecule has 15 heteroatoms. The highest BCUT2D eigenvalue weighted by Gasteiger charge is 2.19. The lowest BCUT2D eigenvalue weighted by Crippen LogP contribution is -2.43. The molecule has 10 nitrogen and oxygen atoms in total. The number of hydrogen-bond acceptors (Lipinski definition) is 9. The van der Waals surface area contributed by atoms with Gasteiger partial charge in [-0.25, -0.2) is 37.9 Å². The highest BCUT2D eigenvalue weighted by molar-refractivity contribution is 7.22. The topological polar surface area (TPSA) is 120 Å². The standard InChI is InChI=1S/C23H16Cl2F2N8O2S/c1-28-21-32-17-6-13(25)16(8-18(17)38-21)31-20-33-22(36)35(10-19-29-3-2-4-30-19)23(37)34(20)9-11-5-12(24)15(27)7-14(11)26/h2-8H,9-10H2,1H3,(H,28,32)(H,31,33,36). The molecule has 0 aliphatic rings. The molecule has 0 radical (unpaired) electrons. The number of rotatable bonds is 7. The van der Waals surface area contributed by atoms with E-state index in [1.807, 2.05) is 0 Å². The molecule has 0 aliphatic carbocycles. The van der Waals surface area contributed by atoms with Gasteiger partial charge in [-0.1, -0.05) is 34.5 Å². The first-order chi connectivity index (χ1) is 18.2. The maximum Gasteiger partial charge on any atom is 0.355 e. The average molecular weight is 577 g/mol. The number of anilines is 3. The number of fused-ring (bicyclic) bond motifs is 1. The van der Waals surface area contributed by atoms with Crippen LogP contribution in [0.1, 0.15) is 11.4 Å². The fourth-order valence-electron chi connectivity index (χ4n) is 3.58. The lowest BCUT2D eigenvalue weighted by atomic mass is 10.2. The summed E-state index contributed by atoms with van der Waals surface area (Å²) >= 11 is 13.7. The van der Waals surface area contributed by atoms with Crippen LogP contribution in [-0.2, 0) is 13.1 Å². The van der Waals surface area contributed by atoms with Gasteiger partial charge in [0.25, 0.3) is 0 Å². The van der Waals surface area contributed by atoms with Crippen molar-refractivity contribution in [2.75, 3.05) is 17.7 Å². The minimum absolute atomic E-state index is 0.104. The van der Waals surface area contributed by atoms with Crippen molar-refractivity contribution < 1.29 is 8.78 Å². The lowest BCUT2D eigenvalue weighted by Gasteiger charge is -2.16. The number of nitrogens with zero attached hydrogens (tertiary/aromatic N) is 6. The van der Waals surface area contributed by atoms with Crippen LogP contribution in [0.5, 0.6) is 0 Å². The number of thiazole rings is 1. The normalized spacial score (nSPS) is 11.2. The molecule has 0 aliphatic heterocycles. The fourth-order valence-corrected chi connectivity index (χ4v) is 4.81. The van der Waals surface area contributed by atoms with E-state index in [0.29, 0.717) is 22.4 Å². The summed E-state index contributed by atoms with van der Waals surface area (Å²) in [6, 6.07) is 6.57. The Morgan fingerprint density at radius 2 is 1.71 bits per heavy atom. The van der Waals surface area contributed by atoms with Gasteiger partial charge in [-0.05, 0) is 24.3 Å². The minimum Gasteiger partial charge on any atom is -0.365 e. The van der Waals surface area contributed by atoms with Crippen LogP contribution < -0.4 is 22.0 Å². The SMILES string of the molecule is CNc1nc2cc(Cl)c(Nc3nc(=O)n(Cc4ncccn4)c(=O)n3Cc3cc(Cl)c(F)cc3F)cc2s1. The van der Waals surface area contributed by atoms with Crippen molar-refractivity contribution >= 4 is 61.5 Å². The van der Waals surface area contributed by atoms with Crippen LogP contribution in [0.3, 0.4) is 0 Å². The second kappa shape index (κ2) is 10.4. The maximum absolute atomic E-state index is 14.6. The Bertz CT molecular complexity index is 1790. The summed E-state index contributed by atoms with van der Waals surface area (Å²) in [5.41, 5.74) is -0.875. The first kappa shape index (κ1) is 25.7. The predicted molar refractivity (Wildman–Crippen MR) is 142 cm³/mol. The van der Waals surface area contributed by atoms with E-state index < -0.39 is 29.6 Å². The number of hydrogen-bond donors (Lipinski definition) is 2. The molecule has 0 spiro atoms. The quantitative estimate of drug-likeness (QED) is 0.276. The zero-order valence-electron chi connectivity index (χ0n) is 19.4. The van der Waals surface area contributed by atoms with Gasteiger partial charge in [-0.2, -0.15) is 4.98 Å². The van der Waals surface area contributed by atoms with Crippen molar-refractivity contribution in [3.05, 3.63) is 96.8 Å². The van der Waals surface area contributed by atoms with Gasteiger partial charge in [0.2, 0.25) is 5.95 Å². The van der Waals surface area contributed by atoms with Crippen LogP contribution in [0.2, 0.25) is 10.0 Å². The maximum atomic E-state index is 14.6. The summed E-state index contributed by atoms with van der Waals surface area (Å²) < 4.78 is 31.0. The van der Waals surface area contributed by atoms with Gasteiger partial charge >= 0.3 is 11.4 Å². The van der Waals surface area contributed by atoms with Gasteiger partial charge in [-0.3, -0.25) is 4.57 Å². The third-order valence-electron chi connectivity index (χ3n) is 5.42. The highest BCUT2D eigenvalue weighted by Crippen LogP contribution is 2.34. The summed E-state index contributed by atoms with van der Waals surface area (Å²) in [4.78, 5) is 42.9. The Kier molecular flexibility index (Phi) is 7.06. The lowest BCUT2D eigenvalue weighted by molar-refractivity contribution is 0.545. The van der Waals surface area contributed by atoms with Crippen LogP contribution in [0.25, 0.3) is 10.2 Å². The van der Waals surface area contributed by atoms with Gasteiger partial charge in [0.15, 0.2) is 5.13 Å². The van der Waals surface area contributed by atoms with Crippen molar-refractivity contribution in [1.29, 1.82) is 0 Å². The summed E-state index contributed by atoms with van der Waals surface area (Å²) in [6.45, 7) is -0.709. The van der Waals surface area contributed by atoms with Crippen LogP contribution in [-0.4, -0.2) is 36.1 Å². The molecule has 2 N–H and O–H groups in total. The molecule has 0 amide bonds. The first-order valence-electron chi connectivity index (χ1n) is 10.9. The van der Waals surface area contributed by atoms with Gasteiger partial charge in [0, 0.05) is 31.1 Å². The molecule has 38 heavy (non-hydrogen) atoms. The monoisotopic (exact) mass is 576 g/mol. The summed E-state index contributed by atoms with van der Waals surface area (Å²) in [5, 5.41) is 6.43. The molecule has 3 aromatic heterocycles. The molecule has 0 saturated carbocycles. The Morgan fingerprint density at radius 1 is 0.947 bits per heavy atom. The van der Waals surface area contributed by atoms with Crippen LogP contribution in [0.4, 0.5) is 25.5 Å². The molecular weight excluding hydrogens is 561 g/mol. The molecule has 5 aromatic rings. The van der Waals surface area contributed by atoms with Crippen molar-refractivity contribution in [3.8, 4) is 0 Å². The van der Waals surface area contributed by atoms with E-state index in [0.717, 1.165) is 19.9 Å². The summed E-state index contributed by atoms with van der Waals surface area (Å²) in [7, 11) is 1.73. The highest BCUT2D eigenvalue weighted by atomic mass is 35.5. The Balaban J connectivity index is 1.64. The Labute approximate surface area is 226 Å². The van der Waals surface area contributed by atoms with E-state index in [2.05, 4.69) is 30.6 Å². The molecule has 194 valence electrons. The van der Waals surface area contributed by atoms with E-state index in [4.69, 9.17) is 23.2 Å². The third kappa shape index (κ3) is 5.08. The molecule has 0 fully saturated rings. The van der Waals surface area contributed by atoms with Crippen molar-refractivity contribution in [1.82, 2.24) is 29.1 Å². The van der Waals surface area contributed by atoms with Gasteiger partial charge in [-0.15, -0.1) is 0 Å². The number of aromatic nitrogens is 6. The summed E-state index contributed by atoms with van der Waals surface area (Å²) in [6.07, 6.45) is 2.92. The second-order valence-corrected chi connectivity index (χ2v) is 9.73. The Hall–Kier alpha value is -3.94. The van der Waals surface area contributed by atoms with Gasteiger partial charge in [0.1, 0.15) is 17.5 Å². The van der Waals surface area contributed by atoms with Crippen LogP contribution >= 0.6 is 34.5 Å². The fraction of sp³-hybridized carbons (Fsp3) is 0.130. The first-order valence-corrected chi connectivity index (χ1v) is 12.5. The van der Waals surface area contributed by atoms with Crippen molar-refractivity contribution in [3.63, 3.8) is 0 Å². The minimum atomic E-state index is -0.950. The molecule has 0 unspecified atom stereocenters. The van der Waals surface area contributed by atoms with Crippen LogP contribution in [0, 0.1) is 11.6 Å². The number of halogens is 4. The molecule has 0 bridgehead atoms. The smallest absolute Gasteiger partial charge is 0.355 e. The predicted octanol–water partition coefficient (Wildman–Crippen LogP) is 4.27. The van der Waals surface area contributed by atoms with Gasteiger partial charge < -0.3 is 10.6 Å². The van der Waals surface area contributed by atoms with Gasteiger partial charge in [0.05, 0.1) is 39.0 Å². The van der Waals surface area contributed by atoms with E-state index in [1.165, 1.54) is 23.7 Å². The zero-order valence-corrected chi connectivity index (χ0v) is 21.7. The van der Waals surface area contributed by atoms with Crippen molar-refractivity contribution in [2.24, 2.45) is 0 Å². The van der Waals surface area contributed by atoms with E-state index in [9.17, 15) is 18.4 Å². The zero-order chi connectivity index (χ0) is 27.0. The molecular formula is C23H16Cl2F2N8O2S. The average Bonchev–Trinajstić information content (AvgIpc) is 3.29. The molecule has 0 atom stereocenters. The largest absolute Gasteiger partial charge is 0.365 e. The Morgan fingerprint density at radius 3 is 2.45 bits per heavy atom. The summed E-state index contributed by atoms with van der Waals surface area (Å²) in [5.74, 6) is -1.91. The number of benzene rings is 2. The number of nitrogens with one attached hydrogen (secondary N) is 2. The molecule has 0 saturated heterocycles. The van der Waals surface area contributed by atoms with E-state index in [-0.39, 0.29) is 33.9 Å². The molecule has 2 aromatic carbocycles. The van der Waals surface area contributed by atoms with Crippen LogP contribution in [0.15, 0.2) is 52.3 Å². The second-order valence-electron chi connectivity index (χ2n) is 7.89. The van der Waals surface area contributed by atoms with E-state index >= 15 is 0 Å². The third-order valence-corrected chi connectivity index (χ3v) is 7.06. The molecule has 5 rings (SSSR count). The van der Waals surface area contributed by atoms with Crippen molar-refractivity contribution in [2.45, 2.75) is 13.1 Å². The molecule has 3 heterocycles. The van der Waals surface area contributed by atoms with E-state index in [1.54, 1.807) is 25.2 Å².